The largest absolute Gasteiger partial charge is 0.495 e. The third-order valence-electron chi connectivity index (χ3n) is 7.38. The lowest BCUT2D eigenvalue weighted by Gasteiger charge is -2.17. The Kier molecular flexibility index (Phi) is 7.03. The lowest BCUT2D eigenvalue weighted by molar-refractivity contribution is -0.429. The third-order valence-corrected chi connectivity index (χ3v) is 7.38. The van der Waals surface area contributed by atoms with E-state index in [1.807, 2.05) is 108 Å². The van der Waals surface area contributed by atoms with E-state index in [0.717, 1.165) is 56.6 Å². The summed E-state index contributed by atoms with van der Waals surface area (Å²) in [5, 5.41) is 0. The van der Waals surface area contributed by atoms with Crippen LogP contribution in [0.4, 0.5) is 5.69 Å². The molecule has 5 nitrogen and oxygen atoms in total. The van der Waals surface area contributed by atoms with Crippen molar-refractivity contribution in [3.8, 4) is 45.4 Å². The van der Waals surface area contributed by atoms with Gasteiger partial charge in [0.1, 0.15) is 23.0 Å². The minimum Gasteiger partial charge on any atom is -0.457 e. The summed E-state index contributed by atoms with van der Waals surface area (Å²) in [7, 11) is 1.95. The van der Waals surface area contributed by atoms with Gasteiger partial charge < -0.3 is 9.47 Å². The second-order valence-corrected chi connectivity index (χ2v) is 10.1. The lowest BCUT2D eigenvalue weighted by Crippen LogP contribution is -1.98. The van der Waals surface area contributed by atoms with Gasteiger partial charge >= 0.3 is 6.01 Å². The minimum absolute atomic E-state index is 0.765. The smallest absolute Gasteiger partial charge is 0.457 e. The van der Waals surface area contributed by atoms with Crippen LogP contribution in [0.1, 0.15) is 16.7 Å². The van der Waals surface area contributed by atoms with E-state index in [1.165, 1.54) is 11.1 Å². The maximum absolute atomic E-state index is 6.48. The zero-order chi connectivity index (χ0) is 28.3. The second kappa shape index (κ2) is 11.1. The van der Waals surface area contributed by atoms with Crippen LogP contribution < -0.4 is 9.47 Å². The molecule has 2 heterocycles. The van der Waals surface area contributed by atoms with Gasteiger partial charge in [0.2, 0.25) is 11.9 Å². The third kappa shape index (κ3) is 5.58. The summed E-state index contributed by atoms with van der Waals surface area (Å²) >= 11 is 0. The second-order valence-electron chi connectivity index (χ2n) is 10.1. The van der Waals surface area contributed by atoms with Gasteiger partial charge in [-0.1, -0.05) is 45.5 Å². The minimum atomic E-state index is 0.765. The van der Waals surface area contributed by atoms with Crippen LogP contribution in [0.2, 0.25) is 0 Å². The van der Waals surface area contributed by atoms with Crippen molar-refractivity contribution in [1.29, 1.82) is 0 Å². The number of hydrogen-bond acceptors (Lipinski definition) is 3. The molecule has 1 aliphatic rings. The Morgan fingerprint density at radius 1 is 0.634 bits per heavy atom. The van der Waals surface area contributed by atoms with Gasteiger partial charge in [-0.2, -0.15) is 0 Å². The van der Waals surface area contributed by atoms with Gasteiger partial charge in [-0.05, 0) is 97.1 Å². The number of nitrogens with zero attached hydrogens (tertiary/aromatic N) is 3. The zero-order valence-corrected chi connectivity index (χ0v) is 23.6. The summed E-state index contributed by atoms with van der Waals surface area (Å²) in [6.45, 7) is 6.39. The molecular weight excluding hydrogens is 506 g/mol. The van der Waals surface area contributed by atoms with Crippen molar-refractivity contribution in [3.05, 3.63) is 132 Å². The molecule has 5 heteroatoms. The Morgan fingerprint density at radius 3 is 2.15 bits per heavy atom. The van der Waals surface area contributed by atoms with E-state index in [2.05, 4.69) is 51.0 Å². The molecule has 0 aliphatic carbocycles. The van der Waals surface area contributed by atoms with Crippen molar-refractivity contribution < 1.29 is 18.6 Å². The fraction of sp³-hybridized carbons (Fsp3) is 0.111. The normalized spacial score (nSPS) is 12.2. The van der Waals surface area contributed by atoms with Gasteiger partial charge in [0, 0.05) is 17.8 Å². The van der Waals surface area contributed by atoms with Crippen molar-refractivity contribution in [2.24, 2.45) is 0 Å². The topological polar surface area (TPSA) is 37.4 Å². The van der Waals surface area contributed by atoms with Gasteiger partial charge in [0.15, 0.2) is 7.05 Å². The molecule has 1 aliphatic heterocycles. The first-order chi connectivity index (χ1) is 19.9. The number of aromatic nitrogens is 1. The molecule has 4 aromatic carbocycles. The molecule has 6 rings (SSSR count). The molecule has 0 bridgehead atoms. The van der Waals surface area contributed by atoms with Crippen LogP contribution >= 0.6 is 0 Å². The van der Waals surface area contributed by atoms with Crippen LogP contribution in [-0.2, 0) is 0 Å². The molecule has 0 saturated heterocycles. The first-order valence-electron chi connectivity index (χ1n) is 13.6. The quantitative estimate of drug-likeness (QED) is 0.195. The highest BCUT2D eigenvalue weighted by atomic mass is 16.5. The molecule has 0 saturated carbocycles. The van der Waals surface area contributed by atoms with E-state index in [9.17, 15) is 0 Å². The van der Waals surface area contributed by atoms with Crippen LogP contribution in [0.3, 0.4) is 0 Å². The van der Waals surface area contributed by atoms with Crippen LogP contribution in [-0.4, -0.2) is 27.2 Å². The van der Waals surface area contributed by atoms with Crippen molar-refractivity contribution in [3.63, 3.8) is 0 Å². The molecular formula is C36H31N3O2+2. The van der Waals surface area contributed by atoms with Gasteiger partial charge in [0.05, 0.1) is 11.8 Å². The van der Waals surface area contributed by atoms with E-state index >= 15 is 0 Å². The maximum Gasteiger partial charge on any atom is 0.495 e. The first-order valence-corrected chi connectivity index (χ1v) is 13.6. The number of rotatable bonds is 7. The van der Waals surface area contributed by atoms with E-state index in [-0.39, 0.29) is 0 Å². The van der Waals surface area contributed by atoms with Crippen LogP contribution in [0.5, 0.6) is 23.0 Å². The average molecular weight is 538 g/mol. The zero-order valence-electron chi connectivity index (χ0n) is 23.6. The average Bonchev–Trinajstić information content (AvgIpc) is 3.44. The Hall–Kier alpha value is -5.25. The molecule has 1 aromatic heterocycles. The van der Waals surface area contributed by atoms with E-state index < -0.39 is 0 Å². The van der Waals surface area contributed by atoms with Gasteiger partial charge in [-0.25, -0.2) is 0 Å². The lowest BCUT2D eigenvalue weighted by atomic mass is 9.94. The summed E-state index contributed by atoms with van der Waals surface area (Å²) in [6.07, 6.45) is 5.79. The SMILES string of the molecule is Cc1c(Oc2cccc([N+]3=C=[N+](C)C=C3)c2)cc(-c2cc(-c3cccc(Oc4ccccc4)c3)ccn2)c(C)c1C. The summed E-state index contributed by atoms with van der Waals surface area (Å²) < 4.78 is 16.4. The van der Waals surface area contributed by atoms with Crippen molar-refractivity contribution in [2.75, 3.05) is 7.05 Å². The maximum atomic E-state index is 6.48. The van der Waals surface area contributed by atoms with E-state index in [1.54, 1.807) is 0 Å². The molecule has 200 valence electrons. The molecule has 0 spiro atoms. The molecule has 5 aromatic rings. The molecule has 41 heavy (non-hydrogen) atoms. The van der Waals surface area contributed by atoms with E-state index in [0.29, 0.717) is 0 Å². The van der Waals surface area contributed by atoms with Gasteiger partial charge in [-0.3, -0.25) is 4.98 Å². The van der Waals surface area contributed by atoms with Gasteiger partial charge in [0.25, 0.3) is 6.20 Å². The summed E-state index contributed by atoms with van der Waals surface area (Å²) in [5.74, 6) is 3.18. The Bertz CT molecular complexity index is 1870. The summed E-state index contributed by atoms with van der Waals surface area (Å²) in [6, 6.07) is 35.5. The number of benzene rings is 4. The molecule has 0 radical (unpaired) electrons. The molecule has 0 N–H and O–H groups in total. The van der Waals surface area contributed by atoms with Gasteiger partial charge in [-0.15, -0.1) is 0 Å². The fourth-order valence-electron chi connectivity index (χ4n) is 4.88. The summed E-state index contributed by atoms with van der Waals surface area (Å²) in [5.41, 5.74) is 8.53. The standard InChI is InChI=1S/C36H31N3O2/c1-25-26(2)34(23-36(27(25)3)41-33-15-9-11-30(22-33)39-19-18-38(4)24-39)35-21-29(16-17-37-35)28-10-8-14-32(20-28)40-31-12-6-5-7-13-31/h5-23H,1-4H3/q+2. The predicted octanol–water partition coefficient (Wildman–Crippen LogP) is 8.87. The molecule has 0 atom stereocenters. The van der Waals surface area contributed by atoms with Crippen LogP contribution in [0.25, 0.3) is 22.4 Å². The highest BCUT2D eigenvalue weighted by Gasteiger charge is 2.18. The number of ether oxygens (including phenoxy) is 2. The number of pyridine rings is 1. The monoisotopic (exact) mass is 537 g/mol. The molecule has 0 unspecified atom stereocenters. The van der Waals surface area contributed by atoms with Crippen molar-refractivity contribution >= 4 is 11.7 Å². The van der Waals surface area contributed by atoms with Crippen LogP contribution in [0, 0.1) is 20.8 Å². The molecule has 0 fully saturated rings. The number of hydrogen-bond donors (Lipinski definition) is 0. The van der Waals surface area contributed by atoms with E-state index in [4.69, 9.17) is 14.5 Å². The van der Waals surface area contributed by atoms with Crippen molar-refractivity contribution in [1.82, 2.24) is 4.98 Å². The first kappa shape index (κ1) is 26.0. The number of para-hydroxylation sites is 1. The molecule has 0 amide bonds. The summed E-state index contributed by atoms with van der Waals surface area (Å²) in [4.78, 5) is 4.76. The Morgan fingerprint density at radius 2 is 1.37 bits per heavy atom. The Balaban J connectivity index is 1.33. The highest BCUT2D eigenvalue weighted by molar-refractivity contribution is 5.75. The van der Waals surface area contributed by atoms with Crippen LogP contribution in [0.15, 0.2) is 116 Å². The predicted molar refractivity (Wildman–Crippen MR) is 163 cm³/mol. The highest BCUT2D eigenvalue weighted by Crippen LogP contribution is 2.37. The Labute approximate surface area is 240 Å². The fourth-order valence-corrected chi connectivity index (χ4v) is 4.88. The van der Waals surface area contributed by atoms with Crippen molar-refractivity contribution in [2.45, 2.75) is 20.8 Å².